The molecule has 0 spiro atoms. The van der Waals surface area contributed by atoms with Gasteiger partial charge in [-0.2, -0.15) is 0 Å². The Morgan fingerprint density at radius 3 is 2.41 bits per heavy atom. The van der Waals surface area contributed by atoms with Crippen molar-refractivity contribution in [3.05, 3.63) is 58.9 Å². The third-order valence-electron chi connectivity index (χ3n) is 4.22. The number of halogens is 1. The Kier molecular flexibility index (Phi) is 5.38. The molecule has 4 rings (SSSR count). The van der Waals surface area contributed by atoms with Gasteiger partial charge in [0.15, 0.2) is 0 Å². The van der Waals surface area contributed by atoms with Crippen LogP contribution in [0.25, 0.3) is 21.8 Å². The number of carbonyl (C=O) groups is 1. The van der Waals surface area contributed by atoms with Crippen LogP contribution in [0.15, 0.2) is 53.9 Å². The van der Waals surface area contributed by atoms with Crippen LogP contribution in [0.4, 0.5) is 4.79 Å². The van der Waals surface area contributed by atoms with E-state index >= 15 is 0 Å². The third-order valence-corrected chi connectivity index (χ3v) is 5.36. The van der Waals surface area contributed by atoms with Crippen molar-refractivity contribution >= 4 is 29.0 Å². The van der Waals surface area contributed by atoms with Crippen LogP contribution in [0.3, 0.4) is 0 Å². The number of carbonyl (C=O) groups excluding carboxylic acids is 1. The van der Waals surface area contributed by atoms with Crippen molar-refractivity contribution < 1.29 is 14.3 Å². The van der Waals surface area contributed by atoms with E-state index in [1.165, 1.54) is 0 Å². The number of rotatable bonds is 3. The topological polar surface area (TPSA) is 51.7 Å². The molecule has 3 aromatic rings. The fourth-order valence-electron chi connectivity index (χ4n) is 2.74. The summed E-state index contributed by atoms with van der Waals surface area (Å²) in [6, 6.07) is 15.0. The number of hydrogen-bond donors (Lipinski definition) is 0. The van der Waals surface area contributed by atoms with Gasteiger partial charge in [-0.3, -0.25) is 0 Å². The number of amides is 1. The van der Waals surface area contributed by atoms with Gasteiger partial charge in [-0.15, -0.1) is 11.3 Å². The molecule has 1 amide bonds. The highest BCUT2D eigenvalue weighted by Gasteiger charge is 2.18. The third kappa shape index (κ3) is 4.30. The lowest BCUT2D eigenvalue weighted by Crippen LogP contribution is -2.42. The van der Waals surface area contributed by atoms with Crippen LogP contribution >= 0.6 is 22.9 Å². The van der Waals surface area contributed by atoms with Crippen LogP contribution in [0.5, 0.6) is 5.75 Å². The molecule has 1 aliphatic rings. The summed E-state index contributed by atoms with van der Waals surface area (Å²) in [5.74, 6) is 0.518. The first-order chi connectivity index (χ1) is 13.2. The first-order valence-corrected chi connectivity index (χ1v) is 9.81. The number of thiazole rings is 1. The van der Waals surface area contributed by atoms with E-state index in [-0.39, 0.29) is 6.09 Å². The minimum atomic E-state index is -0.342. The zero-order valence-electron chi connectivity index (χ0n) is 14.4. The Labute approximate surface area is 166 Å². The molecule has 1 saturated heterocycles. The average Bonchev–Trinajstić information content (AvgIpc) is 3.20. The highest BCUT2D eigenvalue weighted by atomic mass is 35.5. The second-order valence-electron chi connectivity index (χ2n) is 6.04. The van der Waals surface area contributed by atoms with E-state index in [1.54, 1.807) is 28.4 Å². The van der Waals surface area contributed by atoms with Gasteiger partial charge in [0.05, 0.1) is 18.9 Å². The summed E-state index contributed by atoms with van der Waals surface area (Å²) in [6.07, 6.45) is -0.342. The molecule has 1 fully saturated rings. The fourth-order valence-corrected chi connectivity index (χ4v) is 3.70. The van der Waals surface area contributed by atoms with E-state index in [4.69, 9.17) is 26.1 Å². The molecule has 0 aliphatic carbocycles. The monoisotopic (exact) mass is 400 g/mol. The largest absolute Gasteiger partial charge is 0.415 e. The Morgan fingerprint density at radius 1 is 1.04 bits per heavy atom. The maximum atomic E-state index is 12.1. The highest BCUT2D eigenvalue weighted by Crippen LogP contribution is 2.30. The molecular weight excluding hydrogens is 384 g/mol. The fraction of sp³-hybridized carbons (Fsp3) is 0.200. The Bertz CT molecular complexity index is 919. The molecular formula is C20H17ClN2O3S. The Balaban J connectivity index is 1.44. The van der Waals surface area contributed by atoms with Gasteiger partial charge in [-0.25, -0.2) is 9.78 Å². The van der Waals surface area contributed by atoms with Gasteiger partial charge in [0.2, 0.25) is 0 Å². The molecule has 0 saturated carbocycles. The van der Waals surface area contributed by atoms with Crippen molar-refractivity contribution in [2.24, 2.45) is 0 Å². The van der Waals surface area contributed by atoms with Gasteiger partial charge in [0.25, 0.3) is 0 Å². The number of nitrogens with zero attached hydrogens (tertiary/aromatic N) is 2. The maximum Gasteiger partial charge on any atom is 0.415 e. The lowest BCUT2D eigenvalue weighted by atomic mass is 10.2. The number of morpholine rings is 1. The van der Waals surface area contributed by atoms with E-state index in [2.05, 4.69) is 0 Å². The summed E-state index contributed by atoms with van der Waals surface area (Å²) in [4.78, 5) is 18.5. The van der Waals surface area contributed by atoms with Gasteiger partial charge in [-0.1, -0.05) is 23.7 Å². The number of ether oxygens (including phenoxy) is 2. The smallest absolute Gasteiger partial charge is 0.410 e. The van der Waals surface area contributed by atoms with Gasteiger partial charge in [0.1, 0.15) is 10.8 Å². The molecule has 0 N–H and O–H groups in total. The summed E-state index contributed by atoms with van der Waals surface area (Å²) in [6.45, 7) is 2.22. The number of benzene rings is 2. The van der Waals surface area contributed by atoms with Crippen molar-refractivity contribution in [1.82, 2.24) is 9.88 Å². The average molecular weight is 401 g/mol. The van der Waals surface area contributed by atoms with Crippen molar-refractivity contribution in [3.63, 3.8) is 0 Å². The molecule has 2 heterocycles. The summed E-state index contributed by atoms with van der Waals surface area (Å²) in [5, 5.41) is 3.63. The molecule has 0 atom stereocenters. The predicted octanol–water partition coefficient (Wildman–Crippen LogP) is 4.96. The number of hydrogen-bond acceptors (Lipinski definition) is 5. The quantitative estimate of drug-likeness (QED) is 0.623. The minimum absolute atomic E-state index is 0.342. The first-order valence-electron chi connectivity index (χ1n) is 8.55. The summed E-state index contributed by atoms with van der Waals surface area (Å²) in [5.41, 5.74) is 2.92. The van der Waals surface area contributed by atoms with Crippen LogP contribution in [0, 0.1) is 0 Å². The van der Waals surface area contributed by atoms with E-state index in [1.807, 2.05) is 41.8 Å². The second-order valence-corrected chi connectivity index (χ2v) is 7.33. The van der Waals surface area contributed by atoms with E-state index in [9.17, 15) is 4.79 Å². The van der Waals surface area contributed by atoms with Crippen LogP contribution in [-0.2, 0) is 4.74 Å². The van der Waals surface area contributed by atoms with Gasteiger partial charge >= 0.3 is 6.09 Å². The first kappa shape index (κ1) is 18.0. The normalized spacial score (nSPS) is 14.2. The standard InChI is InChI=1S/C20H17ClN2O3S/c21-16-5-1-14(2-6-16)18-13-27-19(22-18)15-3-7-17(8-4-15)26-20(24)23-9-11-25-12-10-23/h1-8,13H,9-12H2. The van der Waals surface area contributed by atoms with Crippen molar-refractivity contribution in [2.75, 3.05) is 26.3 Å². The van der Waals surface area contributed by atoms with Crippen molar-refractivity contribution in [1.29, 1.82) is 0 Å². The Hall–Kier alpha value is -2.41. The van der Waals surface area contributed by atoms with Gasteiger partial charge in [-0.05, 0) is 36.4 Å². The molecule has 1 aliphatic heterocycles. The van der Waals surface area contributed by atoms with E-state index in [0.29, 0.717) is 37.1 Å². The molecule has 1 aromatic heterocycles. The van der Waals surface area contributed by atoms with Crippen LogP contribution in [0.2, 0.25) is 5.02 Å². The summed E-state index contributed by atoms with van der Waals surface area (Å²) < 4.78 is 10.7. The lowest BCUT2D eigenvalue weighted by Gasteiger charge is -2.25. The molecule has 0 bridgehead atoms. The summed E-state index contributed by atoms with van der Waals surface area (Å²) in [7, 11) is 0. The SMILES string of the molecule is O=C(Oc1ccc(-c2nc(-c3ccc(Cl)cc3)cs2)cc1)N1CCOCC1. The minimum Gasteiger partial charge on any atom is -0.410 e. The zero-order chi connectivity index (χ0) is 18.6. The van der Waals surface area contributed by atoms with Gasteiger partial charge < -0.3 is 14.4 Å². The van der Waals surface area contributed by atoms with Gasteiger partial charge in [0, 0.05) is 34.6 Å². The zero-order valence-corrected chi connectivity index (χ0v) is 16.0. The molecule has 5 nitrogen and oxygen atoms in total. The maximum absolute atomic E-state index is 12.1. The number of aromatic nitrogens is 1. The van der Waals surface area contributed by atoms with Crippen LogP contribution in [0.1, 0.15) is 0 Å². The lowest BCUT2D eigenvalue weighted by molar-refractivity contribution is 0.0416. The molecule has 0 radical (unpaired) electrons. The molecule has 2 aromatic carbocycles. The highest BCUT2D eigenvalue weighted by molar-refractivity contribution is 7.13. The molecule has 7 heteroatoms. The van der Waals surface area contributed by atoms with E-state index < -0.39 is 0 Å². The molecule has 0 unspecified atom stereocenters. The molecule has 27 heavy (non-hydrogen) atoms. The summed E-state index contributed by atoms with van der Waals surface area (Å²) >= 11 is 7.51. The predicted molar refractivity (Wildman–Crippen MR) is 106 cm³/mol. The van der Waals surface area contributed by atoms with Crippen molar-refractivity contribution in [3.8, 4) is 27.6 Å². The van der Waals surface area contributed by atoms with Crippen LogP contribution in [-0.4, -0.2) is 42.3 Å². The van der Waals surface area contributed by atoms with Crippen molar-refractivity contribution in [2.45, 2.75) is 0 Å². The molecule has 138 valence electrons. The Morgan fingerprint density at radius 2 is 1.70 bits per heavy atom. The second kappa shape index (κ2) is 8.08. The van der Waals surface area contributed by atoms with E-state index in [0.717, 1.165) is 21.8 Å². The van der Waals surface area contributed by atoms with Crippen LogP contribution < -0.4 is 4.74 Å².